The third kappa shape index (κ3) is 3.17. The highest BCUT2D eigenvalue weighted by atomic mass is 16.5. The summed E-state index contributed by atoms with van der Waals surface area (Å²) in [5.41, 5.74) is 0.940. The van der Waals surface area contributed by atoms with Crippen LogP contribution in [-0.4, -0.2) is 32.8 Å². The zero-order valence-electron chi connectivity index (χ0n) is 12.5. The molecule has 5 nitrogen and oxygen atoms in total. The first-order valence-electron chi connectivity index (χ1n) is 6.94. The summed E-state index contributed by atoms with van der Waals surface area (Å²) in [5, 5.41) is 0. The Hall–Kier alpha value is -2.04. The maximum Gasteiger partial charge on any atom is 0.309 e. The predicted molar refractivity (Wildman–Crippen MR) is 76.0 cm³/mol. The molecule has 1 aromatic carbocycles. The van der Waals surface area contributed by atoms with Crippen molar-refractivity contribution < 1.29 is 23.8 Å². The monoisotopic (exact) mass is 292 g/mol. The molecular formula is C16H20O5. The van der Waals surface area contributed by atoms with E-state index in [9.17, 15) is 9.59 Å². The summed E-state index contributed by atoms with van der Waals surface area (Å²) in [6.07, 6.45) is 0.219. The van der Waals surface area contributed by atoms with Gasteiger partial charge in [0, 0.05) is 11.8 Å². The molecule has 1 aliphatic rings. The number of esters is 2. The highest BCUT2D eigenvalue weighted by Gasteiger charge is 2.39. The maximum absolute atomic E-state index is 11.9. The summed E-state index contributed by atoms with van der Waals surface area (Å²) in [7, 11) is 2.73. The number of carbonyl (C=O) groups is 2. The molecule has 1 aromatic rings. The number of carbonyl (C=O) groups excluding carboxylic acids is 2. The van der Waals surface area contributed by atoms with Crippen LogP contribution < -0.4 is 4.74 Å². The van der Waals surface area contributed by atoms with Crippen molar-refractivity contribution in [1.29, 1.82) is 0 Å². The molecule has 0 spiro atoms. The number of methoxy groups -OCH3 is 2. The molecule has 0 saturated carbocycles. The van der Waals surface area contributed by atoms with Gasteiger partial charge in [-0.3, -0.25) is 9.59 Å². The average molecular weight is 292 g/mol. The number of hydrogen-bond donors (Lipinski definition) is 0. The molecule has 0 saturated heterocycles. The molecule has 114 valence electrons. The minimum atomic E-state index is -0.352. The van der Waals surface area contributed by atoms with E-state index >= 15 is 0 Å². The van der Waals surface area contributed by atoms with E-state index in [2.05, 4.69) is 0 Å². The first-order valence-corrected chi connectivity index (χ1v) is 6.94. The van der Waals surface area contributed by atoms with Crippen LogP contribution in [0.15, 0.2) is 24.3 Å². The number of benzene rings is 1. The number of rotatable bonds is 4. The Morgan fingerprint density at radius 3 is 2.67 bits per heavy atom. The first-order chi connectivity index (χ1) is 10.1. The fraction of sp³-hybridized carbons (Fsp3) is 0.500. The van der Waals surface area contributed by atoms with Crippen molar-refractivity contribution in [2.24, 2.45) is 11.8 Å². The zero-order chi connectivity index (χ0) is 15.4. The normalized spacial score (nSPS) is 21.7. The van der Waals surface area contributed by atoms with Crippen LogP contribution in [0, 0.1) is 11.8 Å². The van der Waals surface area contributed by atoms with Gasteiger partial charge in [-0.25, -0.2) is 0 Å². The van der Waals surface area contributed by atoms with Crippen molar-refractivity contribution in [2.75, 3.05) is 20.8 Å². The van der Waals surface area contributed by atoms with Crippen molar-refractivity contribution in [3.8, 4) is 5.75 Å². The molecular weight excluding hydrogens is 272 g/mol. The fourth-order valence-electron chi connectivity index (χ4n) is 2.94. The SMILES string of the molecule is COC(=O)CC1COc2ccccc2C1C(C)C(=O)OC. The summed E-state index contributed by atoms with van der Waals surface area (Å²) in [4.78, 5) is 23.5. The molecule has 0 bridgehead atoms. The lowest BCUT2D eigenvalue weighted by molar-refractivity contribution is -0.148. The minimum absolute atomic E-state index is 0.110. The topological polar surface area (TPSA) is 61.8 Å². The highest BCUT2D eigenvalue weighted by molar-refractivity contribution is 5.74. The summed E-state index contributed by atoms with van der Waals surface area (Å²) < 4.78 is 15.3. The van der Waals surface area contributed by atoms with E-state index in [1.165, 1.54) is 14.2 Å². The van der Waals surface area contributed by atoms with Gasteiger partial charge in [-0.05, 0) is 11.6 Å². The Morgan fingerprint density at radius 2 is 2.00 bits per heavy atom. The molecule has 0 radical (unpaired) electrons. The van der Waals surface area contributed by atoms with Crippen LogP contribution in [0.5, 0.6) is 5.75 Å². The van der Waals surface area contributed by atoms with Crippen molar-refractivity contribution in [3.05, 3.63) is 29.8 Å². The average Bonchev–Trinajstić information content (AvgIpc) is 2.53. The van der Waals surface area contributed by atoms with Crippen LogP contribution in [0.2, 0.25) is 0 Å². The van der Waals surface area contributed by atoms with Crippen molar-refractivity contribution in [1.82, 2.24) is 0 Å². The van der Waals surface area contributed by atoms with Gasteiger partial charge >= 0.3 is 11.9 Å². The van der Waals surface area contributed by atoms with Crippen LogP contribution in [0.25, 0.3) is 0 Å². The van der Waals surface area contributed by atoms with E-state index < -0.39 is 0 Å². The van der Waals surface area contributed by atoms with Crippen molar-refractivity contribution >= 4 is 11.9 Å². The Balaban J connectivity index is 2.34. The molecule has 0 amide bonds. The van der Waals surface area contributed by atoms with Gasteiger partial charge in [-0.1, -0.05) is 25.1 Å². The second-order valence-corrected chi connectivity index (χ2v) is 5.23. The van der Waals surface area contributed by atoms with Crippen LogP contribution >= 0.6 is 0 Å². The fourth-order valence-corrected chi connectivity index (χ4v) is 2.94. The Morgan fingerprint density at radius 1 is 1.29 bits per heavy atom. The van der Waals surface area contributed by atoms with Crippen molar-refractivity contribution in [2.45, 2.75) is 19.3 Å². The van der Waals surface area contributed by atoms with Gasteiger partial charge < -0.3 is 14.2 Å². The summed E-state index contributed by atoms with van der Waals surface area (Å²) in [6, 6.07) is 7.60. The molecule has 2 rings (SSSR count). The third-order valence-electron chi connectivity index (χ3n) is 4.01. The van der Waals surface area contributed by atoms with Gasteiger partial charge in [-0.2, -0.15) is 0 Å². The second-order valence-electron chi connectivity index (χ2n) is 5.23. The number of ether oxygens (including phenoxy) is 3. The van der Waals surface area contributed by atoms with Gasteiger partial charge in [0.25, 0.3) is 0 Å². The third-order valence-corrected chi connectivity index (χ3v) is 4.01. The Labute approximate surface area is 124 Å². The lowest BCUT2D eigenvalue weighted by Crippen LogP contribution is -2.35. The lowest BCUT2D eigenvalue weighted by Gasteiger charge is -2.35. The Bertz CT molecular complexity index is 525. The van der Waals surface area contributed by atoms with E-state index in [0.717, 1.165) is 11.3 Å². The van der Waals surface area contributed by atoms with Crippen LogP contribution in [0.3, 0.4) is 0 Å². The van der Waals surface area contributed by atoms with E-state index in [1.54, 1.807) is 0 Å². The van der Waals surface area contributed by atoms with Crippen LogP contribution in [0.4, 0.5) is 0 Å². The molecule has 0 aromatic heterocycles. The molecule has 3 atom stereocenters. The molecule has 21 heavy (non-hydrogen) atoms. The van der Waals surface area contributed by atoms with E-state index in [-0.39, 0.29) is 36.1 Å². The van der Waals surface area contributed by atoms with E-state index in [0.29, 0.717) is 6.61 Å². The highest BCUT2D eigenvalue weighted by Crippen LogP contribution is 2.43. The zero-order valence-corrected chi connectivity index (χ0v) is 12.5. The molecule has 1 heterocycles. The van der Waals surface area contributed by atoms with Gasteiger partial charge in [0.1, 0.15) is 5.75 Å². The second kappa shape index (κ2) is 6.61. The van der Waals surface area contributed by atoms with Crippen molar-refractivity contribution in [3.63, 3.8) is 0 Å². The van der Waals surface area contributed by atoms with Crippen LogP contribution in [-0.2, 0) is 19.1 Å². The molecule has 3 unspecified atom stereocenters. The smallest absolute Gasteiger partial charge is 0.309 e. The molecule has 5 heteroatoms. The molecule has 0 fully saturated rings. The molecule has 0 aliphatic carbocycles. The van der Waals surface area contributed by atoms with Gasteiger partial charge in [0.15, 0.2) is 0 Å². The summed E-state index contributed by atoms with van der Waals surface area (Å²) in [6.45, 7) is 2.21. The minimum Gasteiger partial charge on any atom is -0.493 e. The van der Waals surface area contributed by atoms with Gasteiger partial charge in [-0.15, -0.1) is 0 Å². The largest absolute Gasteiger partial charge is 0.493 e. The summed E-state index contributed by atoms with van der Waals surface area (Å²) >= 11 is 0. The van der Waals surface area contributed by atoms with Gasteiger partial charge in [0.2, 0.25) is 0 Å². The first kappa shape index (κ1) is 15.4. The van der Waals surface area contributed by atoms with Gasteiger partial charge in [0.05, 0.1) is 33.2 Å². The van der Waals surface area contributed by atoms with Crippen LogP contribution in [0.1, 0.15) is 24.8 Å². The predicted octanol–water partition coefficient (Wildman–Crippen LogP) is 2.15. The number of para-hydroxylation sites is 1. The molecule has 0 N–H and O–H groups in total. The number of fused-ring (bicyclic) bond motifs is 1. The van der Waals surface area contributed by atoms with E-state index in [1.807, 2.05) is 31.2 Å². The van der Waals surface area contributed by atoms with E-state index in [4.69, 9.17) is 14.2 Å². The lowest BCUT2D eigenvalue weighted by atomic mass is 9.75. The quantitative estimate of drug-likeness (QED) is 0.796. The summed E-state index contributed by atoms with van der Waals surface area (Å²) in [5.74, 6) is -0.409. The maximum atomic E-state index is 11.9. The standard InChI is InChI=1S/C16H20O5/c1-10(16(18)20-3)15-11(8-14(17)19-2)9-21-13-7-5-4-6-12(13)15/h4-7,10-11,15H,8-9H2,1-3H3. The Kier molecular flexibility index (Phi) is 4.83. The molecule has 1 aliphatic heterocycles. The number of hydrogen-bond acceptors (Lipinski definition) is 5.